The number of aromatic amines is 1. The molecule has 7 nitrogen and oxygen atoms in total. The Hall–Kier alpha value is -2.84. The summed E-state index contributed by atoms with van der Waals surface area (Å²) in [6.07, 6.45) is 6.39. The first-order chi connectivity index (χ1) is 14.1. The molecule has 8 heteroatoms. The Kier molecular flexibility index (Phi) is 4.52. The van der Waals surface area contributed by atoms with Crippen molar-refractivity contribution in [2.75, 3.05) is 13.1 Å². The molecule has 0 aliphatic carbocycles. The number of aliphatic hydroxyl groups is 1. The molecule has 0 aromatic carbocycles. The first-order valence-electron chi connectivity index (χ1n) is 9.95. The molecular formula is C21H23FN6O. The van der Waals surface area contributed by atoms with Crippen molar-refractivity contribution in [1.82, 2.24) is 29.4 Å². The summed E-state index contributed by atoms with van der Waals surface area (Å²) in [5, 5.41) is 11.4. The molecule has 1 aliphatic heterocycles. The smallest absolute Gasteiger partial charge is 0.146 e. The second kappa shape index (κ2) is 7.20. The predicted octanol–water partition coefficient (Wildman–Crippen LogP) is 3.34. The van der Waals surface area contributed by atoms with Crippen molar-refractivity contribution >= 4 is 22.1 Å². The molecule has 0 spiro atoms. The number of likely N-dealkylation sites (tertiary alicyclic amines) is 1. The molecule has 5 rings (SSSR count). The van der Waals surface area contributed by atoms with Crippen LogP contribution in [0.4, 0.5) is 4.39 Å². The Labute approximate surface area is 167 Å². The van der Waals surface area contributed by atoms with E-state index in [9.17, 15) is 9.50 Å². The molecule has 0 saturated carbocycles. The highest BCUT2D eigenvalue weighted by Gasteiger charge is 2.27. The van der Waals surface area contributed by atoms with Gasteiger partial charge in [-0.05, 0) is 38.0 Å². The van der Waals surface area contributed by atoms with E-state index in [0.29, 0.717) is 18.1 Å². The van der Waals surface area contributed by atoms with Gasteiger partial charge in [-0.15, -0.1) is 0 Å². The van der Waals surface area contributed by atoms with E-state index in [1.807, 2.05) is 12.3 Å². The average molecular weight is 394 g/mol. The van der Waals surface area contributed by atoms with Gasteiger partial charge in [0, 0.05) is 43.5 Å². The van der Waals surface area contributed by atoms with E-state index in [4.69, 9.17) is 0 Å². The van der Waals surface area contributed by atoms with Crippen LogP contribution in [0, 0.1) is 5.82 Å². The van der Waals surface area contributed by atoms with Crippen LogP contribution >= 0.6 is 0 Å². The van der Waals surface area contributed by atoms with Crippen molar-refractivity contribution in [3.63, 3.8) is 0 Å². The molecule has 29 heavy (non-hydrogen) atoms. The zero-order chi connectivity index (χ0) is 20.0. The van der Waals surface area contributed by atoms with E-state index in [0.717, 1.165) is 48.0 Å². The van der Waals surface area contributed by atoms with Gasteiger partial charge in [0.2, 0.25) is 0 Å². The zero-order valence-electron chi connectivity index (χ0n) is 16.2. The third kappa shape index (κ3) is 3.18. The van der Waals surface area contributed by atoms with Crippen LogP contribution in [-0.4, -0.2) is 47.6 Å². The number of pyridine rings is 2. The highest BCUT2D eigenvalue weighted by molar-refractivity contribution is 6.01. The number of piperidine rings is 1. The normalized spacial score (nSPS) is 17.3. The fraction of sp³-hybridized carbons (Fsp3) is 0.381. The van der Waals surface area contributed by atoms with Crippen LogP contribution in [0.25, 0.3) is 22.1 Å². The van der Waals surface area contributed by atoms with E-state index in [1.54, 1.807) is 25.4 Å². The van der Waals surface area contributed by atoms with E-state index in [1.165, 1.54) is 6.07 Å². The SMILES string of the molecule is C[C@@H](O)c1nc2cnc3[nH]ccc3c2n1C1CCN(Cc2ncccc2F)CC1. The topological polar surface area (TPSA) is 82.9 Å². The minimum Gasteiger partial charge on any atom is -0.385 e. The zero-order valence-corrected chi connectivity index (χ0v) is 16.2. The molecule has 1 fully saturated rings. The predicted molar refractivity (Wildman–Crippen MR) is 108 cm³/mol. The van der Waals surface area contributed by atoms with Gasteiger partial charge in [-0.1, -0.05) is 0 Å². The summed E-state index contributed by atoms with van der Waals surface area (Å²) in [5.41, 5.74) is 3.12. The van der Waals surface area contributed by atoms with Crippen LogP contribution in [0.2, 0.25) is 0 Å². The Balaban J connectivity index is 1.45. The molecule has 0 unspecified atom stereocenters. The fourth-order valence-electron chi connectivity index (χ4n) is 4.36. The Morgan fingerprint density at radius 3 is 2.86 bits per heavy atom. The van der Waals surface area contributed by atoms with Crippen molar-refractivity contribution in [1.29, 1.82) is 0 Å². The number of nitrogens with one attached hydrogen (secondary N) is 1. The number of nitrogens with zero attached hydrogens (tertiary/aromatic N) is 5. The van der Waals surface area contributed by atoms with Gasteiger partial charge >= 0.3 is 0 Å². The highest BCUT2D eigenvalue weighted by Crippen LogP contribution is 2.34. The summed E-state index contributed by atoms with van der Waals surface area (Å²) in [6.45, 7) is 3.93. The number of fused-ring (bicyclic) bond motifs is 3. The van der Waals surface area contributed by atoms with Gasteiger partial charge in [-0.2, -0.15) is 0 Å². The molecule has 1 aliphatic rings. The van der Waals surface area contributed by atoms with Crippen LogP contribution in [0.1, 0.15) is 43.4 Å². The van der Waals surface area contributed by atoms with Gasteiger partial charge in [-0.25, -0.2) is 14.4 Å². The molecule has 4 aromatic heterocycles. The lowest BCUT2D eigenvalue weighted by Crippen LogP contribution is -2.35. The lowest BCUT2D eigenvalue weighted by Gasteiger charge is -2.33. The van der Waals surface area contributed by atoms with Crippen molar-refractivity contribution in [2.45, 2.75) is 38.5 Å². The Morgan fingerprint density at radius 2 is 2.10 bits per heavy atom. The molecular weight excluding hydrogens is 371 g/mol. The van der Waals surface area contributed by atoms with Crippen molar-refractivity contribution in [3.8, 4) is 0 Å². The van der Waals surface area contributed by atoms with Gasteiger partial charge in [0.1, 0.15) is 28.9 Å². The molecule has 0 bridgehead atoms. The summed E-state index contributed by atoms with van der Waals surface area (Å²) < 4.78 is 16.1. The number of H-pyrrole nitrogens is 1. The molecule has 1 saturated heterocycles. The van der Waals surface area contributed by atoms with Crippen LogP contribution in [0.5, 0.6) is 0 Å². The number of aromatic nitrogens is 5. The third-order valence-corrected chi connectivity index (χ3v) is 5.77. The number of aliphatic hydroxyl groups excluding tert-OH is 1. The van der Waals surface area contributed by atoms with Crippen LogP contribution < -0.4 is 0 Å². The van der Waals surface area contributed by atoms with E-state index >= 15 is 0 Å². The summed E-state index contributed by atoms with van der Waals surface area (Å²) >= 11 is 0. The van der Waals surface area contributed by atoms with Crippen LogP contribution in [0.3, 0.4) is 0 Å². The molecule has 1 atom stereocenters. The molecule has 4 aromatic rings. The van der Waals surface area contributed by atoms with Gasteiger partial charge in [-0.3, -0.25) is 9.88 Å². The molecule has 150 valence electrons. The maximum absolute atomic E-state index is 13.9. The van der Waals surface area contributed by atoms with Gasteiger partial charge in [0.15, 0.2) is 0 Å². The Bertz CT molecular complexity index is 1160. The second-order valence-corrected chi connectivity index (χ2v) is 7.69. The third-order valence-electron chi connectivity index (χ3n) is 5.77. The van der Waals surface area contributed by atoms with E-state index in [2.05, 4.69) is 29.4 Å². The van der Waals surface area contributed by atoms with Crippen molar-refractivity contribution in [3.05, 3.63) is 54.1 Å². The van der Waals surface area contributed by atoms with Crippen LogP contribution in [0.15, 0.2) is 36.8 Å². The van der Waals surface area contributed by atoms with Crippen molar-refractivity contribution < 1.29 is 9.50 Å². The lowest BCUT2D eigenvalue weighted by molar-refractivity contribution is 0.155. The molecule has 5 heterocycles. The molecule has 0 radical (unpaired) electrons. The maximum atomic E-state index is 13.9. The van der Waals surface area contributed by atoms with Crippen molar-refractivity contribution in [2.24, 2.45) is 0 Å². The molecule has 2 N–H and O–H groups in total. The van der Waals surface area contributed by atoms with Crippen LogP contribution in [-0.2, 0) is 6.54 Å². The summed E-state index contributed by atoms with van der Waals surface area (Å²) in [7, 11) is 0. The minimum absolute atomic E-state index is 0.218. The standard InChI is InChI=1S/C21H23FN6O/c1-13(29)21-26-17-11-25-20-15(4-8-24-20)19(17)28(21)14-5-9-27(10-6-14)12-18-16(22)3-2-7-23-18/h2-4,7-8,11,13-14,29H,5-6,9-10,12H2,1H3,(H,24,25)/t13-/m1/s1. The van der Waals surface area contributed by atoms with Gasteiger partial charge in [0.05, 0.1) is 17.4 Å². The largest absolute Gasteiger partial charge is 0.385 e. The summed E-state index contributed by atoms with van der Waals surface area (Å²) in [5.74, 6) is 0.415. The van der Waals surface area contributed by atoms with E-state index < -0.39 is 6.10 Å². The summed E-state index contributed by atoms with van der Waals surface area (Å²) in [6, 6.07) is 5.30. The summed E-state index contributed by atoms with van der Waals surface area (Å²) in [4.78, 5) is 18.7. The maximum Gasteiger partial charge on any atom is 0.146 e. The number of hydrogen-bond acceptors (Lipinski definition) is 5. The van der Waals surface area contributed by atoms with Gasteiger partial charge in [0.25, 0.3) is 0 Å². The fourth-order valence-corrected chi connectivity index (χ4v) is 4.36. The minimum atomic E-state index is -0.669. The lowest BCUT2D eigenvalue weighted by atomic mass is 10.0. The first-order valence-corrected chi connectivity index (χ1v) is 9.95. The highest BCUT2D eigenvalue weighted by atomic mass is 19.1. The monoisotopic (exact) mass is 394 g/mol. The van der Waals surface area contributed by atoms with E-state index in [-0.39, 0.29) is 11.9 Å². The second-order valence-electron chi connectivity index (χ2n) is 7.69. The number of imidazole rings is 1. The molecule has 0 amide bonds. The quantitative estimate of drug-likeness (QED) is 0.555. The number of rotatable bonds is 4. The first kappa shape index (κ1) is 18.2. The Morgan fingerprint density at radius 1 is 1.28 bits per heavy atom. The number of halogens is 1. The van der Waals surface area contributed by atoms with Gasteiger partial charge < -0.3 is 14.7 Å². The number of hydrogen-bond donors (Lipinski definition) is 2. The average Bonchev–Trinajstić information content (AvgIpc) is 3.34.